The van der Waals surface area contributed by atoms with Crippen LogP contribution in [0.1, 0.15) is 78.6 Å². The average Bonchev–Trinajstić information content (AvgIpc) is 3.18. The van der Waals surface area contributed by atoms with Crippen LogP contribution in [0.3, 0.4) is 0 Å². The predicted molar refractivity (Wildman–Crippen MR) is 121 cm³/mol. The van der Waals surface area contributed by atoms with Gasteiger partial charge in [-0.3, -0.25) is 0 Å². The molecule has 4 rings (SSSR count). The zero-order chi connectivity index (χ0) is 21.5. The summed E-state index contributed by atoms with van der Waals surface area (Å²) in [4.78, 5) is 2.48. The summed E-state index contributed by atoms with van der Waals surface area (Å²) in [5.74, 6) is 2.09. The van der Waals surface area contributed by atoms with Gasteiger partial charge >= 0.3 is 0 Å². The Morgan fingerprint density at radius 2 is 1.83 bits per heavy atom. The zero-order valence-corrected chi connectivity index (χ0v) is 19.3. The van der Waals surface area contributed by atoms with Gasteiger partial charge in [0.05, 0.1) is 17.8 Å². The van der Waals surface area contributed by atoms with E-state index in [-0.39, 0.29) is 0 Å². The van der Waals surface area contributed by atoms with Crippen molar-refractivity contribution in [3.63, 3.8) is 0 Å². The lowest BCUT2D eigenvalue weighted by Crippen LogP contribution is -2.40. The van der Waals surface area contributed by atoms with Gasteiger partial charge in [0, 0.05) is 19.6 Å². The number of β-amino-alcohol motifs (C(OH)–C–C–N with tert-alkyl or cyclic N) is 1. The van der Waals surface area contributed by atoms with Gasteiger partial charge in [-0.2, -0.15) is 0 Å². The van der Waals surface area contributed by atoms with E-state index in [1.807, 2.05) is 6.92 Å². The van der Waals surface area contributed by atoms with Gasteiger partial charge in [-0.15, -0.1) is 0 Å². The molecule has 30 heavy (non-hydrogen) atoms. The highest BCUT2D eigenvalue weighted by molar-refractivity contribution is 5.26. The maximum absolute atomic E-state index is 10.3. The van der Waals surface area contributed by atoms with E-state index in [1.54, 1.807) is 5.57 Å². The first-order valence-corrected chi connectivity index (χ1v) is 12.4. The van der Waals surface area contributed by atoms with E-state index >= 15 is 0 Å². The molecule has 1 heterocycles. The van der Waals surface area contributed by atoms with Crippen LogP contribution in [0.25, 0.3) is 0 Å². The quantitative estimate of drug-likeness (QED) is 0.646. The molecular weight excluding hydrogens is 374 g/mol. The lowest BCUT2D eigenvalue weighted by atomic mass is 9.61. The van der Waals surface area contributed by atoms with Crippen LogP contribution in [0, 0.1) is 23.2 Å². The van der Waals surface area contributed by atoms with Gasteiger partial charge in [0.25, 0.3) is 0 Å². The van der Waals surface area contributed by atoms with Crippen molar-refractivity contribution < 1.29 is 15.3 Å². The van der Waals surface area contributed by atoms with Crippen molar-refractivity contribution >= 4 is 0 Å². The summed E-state index contributed by atoms with van der Waals surface area (Å²) < 4.78 is 0. The molecule has 3 N–H and O–H groups in total. The highest BCUT2D eigenvalue weighted by Crippen LogP contribution is 2.59. The lowest BCUT2D eigenvalue weighted by Gasteiger charge is -2.45. The molecule has 0 aromatic carbocycles. The Bertz CT molecular complexity index is 672. The van der Waals surface area contributed by atoms with Gasteiger partial charge in [0.2, 0.25) is 0 Å². The first-order chi connectivity index (χ1) is 14.2. The number of hydrogen-bond donors (Lipinski definition) is 3. The largest absolute Gasteiger partial charge is 0.393 e. The Morgan fingerprint density at radius 3 is 2.50 bits per heavy atom. The van der Waals surface area contributed by atoms with Crippen LogP contribution in [-0.2, 0) is 0 Å². The van der Waals surface area contributed by atoms with Gasteiger partial charge in [0.15, 0.2) is 0 Å². The molecule has 4 heteroatoms. The van der Waals surface area contributed by atoms with E-state index in [9.17, 15) is 15.3 Å². The second-order valence-corrected chi connectivity index (χ2v) is 11.6. The van der Waals surface area contributed by atoms with Crippen molar-refractivity contribution in [1.29, 1.82) is 0 Å². The van der Waals surface area contributed by atoms with E-state index in [2.05, 4.69) is 30.9 Å². The van der Waals surface area contributed by atoms with E-state index in [1.165, 1.54) is 37.7 Å². The lowest BCUT2D eigenvalue weighted by molar-refractivity contribution is 0.0547. The molecule has 0 unspecified atom stereocenters. The van der Waals surface area contributed by atoms with Crippen LogP contribution in [0.2, 0.25) is 0 Å². The molecule has 0 aromatic rings. The SMILES string of the molecule is C[C@H](CN1CC[C@@](C)(O)C1)[C@H]1CC[C@H]2/C(=C/C=C3C[C@@H](O)C[C@@H](O)C3)CCC[C@]12C. The van der Waals surface area contributed by atoms with Crippen LogP contribution in [0.5, 0.6) is 0 Å². The number of nitrogens with zero attached hydrogens (tertiary/aromatic N) is 1. The third-order valence-electron chi connectivity index (χ3n) is 8.87. The summed E-state index contributed by atoms with van der Waals surface area (Å²) in [6.07, 6.45) is 13.0. The second kappa shape index (κ2) is 8.69. The Kier molecular flexibility index (Phi) is 6.52. The fraction of sp³-hybridized carbons (Fsp3) is 0.846. The smallest absolute Gasteiger partial charge is 0.0758 e. The molecule has 0 bridgehead atoms. The maximum Gasteiger partial charge on any atom is 0.0758 e. The number of fused-ring (bicyclic) bond motifs is 1. The van der Waals surface area contributed by atoms with E-state index in [0.717, 1.165) is 32.0 Å². The fourth-order valence-electron chi connectivity index (χ4n) is 7.47. The standard InChI is InChI=1S/C26H43NO3/c1-18(16-27-12-11-25(2,30)17-27)23-8-9-24-20(5-4-10-26(23,24)3)7-6-19-13-21(28)15-22(29)14-19/h6-7,18,21-24,28-30H,4-5,8-17H2,1-3H3/b19-6?,20-7+/t18-,21-,22+,23-,24+,25-,26-/m1/s1. The number of rotatable bonds is 4. The van der Waals surface area contributed by atoms with E-state index < -0.39 is 17.8 Å². The van der Waals surface area contributed by atoms with Crippen molar-refractivity contribution in [3.8, 4) is 0 Å². The summed E-state index contributed by atoms with van der Waals surface area (Å²) in [6.45, 7) is 9.92. The Hall–Kier alpha value is -0.680. The van der Waals surface area contributed by atoms with Crippen LogP contribution in [0.4, 0.5) is 0 Å². The predicted octanol–water partition coefficient (Wildman–Crippen LogP) is 4.05. The third kappa shape index (κ3) is 4.72. The first kappa shape index (κ1) is 22.5. The number of likely N-dealkylation sites (tertiary alicyclic amines) is 1. The summed E-state index contributed by atoms with van der Waals surface area (Å²) in [7, 11) is 0. The van der Waals surface area contributed by atoms with E-state index in [0.29, 0.717) is 36.5 Å². The molecule has 4 aliphatic rings. The third-order valence-corrected chi connectivity index (χ3v) is 8.87. The van der Waals surface area contributed by atoms with Gasteiger partial charge in [0.1, 0.15) is 0 Å². The Labute approximate surface area is 183 Å². The monoisotopic (exact) mass is 417 g/mol. The molecule has 3 aliphatic carbocycles. The zero-order valence-electron chi connectivity index (χ0n) is 19.3. The van der Waals surface area contributed by atoms with Crippen LogP contribution < -0.4 is 0 Å². The van der Waals surface area contributed by atoms with Crippen molar-refractivity contribution in [2.75, 3.05) is 19.6 Å². The van der Waals surface area contributed by atoms with Gasteiger partial charge in [-0.25, -0.2) is 0 Å². The normalized spacial score (nSPS) is 46.5. The first-order valence-electron chi connectivity index (χ1n) is 12.4. The van der Waals surface area contributed by atoms with Crippen LogP contribution >= 0.6 is 0 Å². The van der Waals surface area contributed by atoms with Crippen molar-refractivity contribution in [2.24, 2.45) is 23.2 Å². The average molecular weight is 418 g/mol. The highest BCUT2D eigenvalue weighted by Gasteiger charge is 2.51. The van der Waals surface area contributed by atoms with Crippen LogP contribution in [0.15, 0.2) is 23.3 Å². The second-order valence-electron chi connectivity index (χ2n) is 11.6. The summed E-state index contributed by atoms with van der Waals surface area (Å²) in [5.41, 5.74) is 2.68. The molecule has 1 saturated heterocycles. The summed E-state index contributed by atoms with van der Waals surface area (Å²) in [6, 6.07) is 0. The molecule has 0 spiro atoms. The maximum atomic E-state index is 10.3. The molecule has 0 amide bonds. The number of aliphatic hydroxyl groups is 3. The molecule has 1 aliphatic heterocycles. The molecule has 7 atom stereocenters. The minimum absolute atomic E-state index is 0.385. The van der Waals surface area contributed by atoms with Gasteiger partial charge in [-0.1, -0.05) is 37.1 Å². The summed E-state index contributed by atoms with van der Waals surface area (Å²) in [5, 5.41) is 30.3. The fourth-order valence-corrected chi connectivity index (χ4v) is 7.47. The topological polar surface area (TPSA) is 63.9 Å². The molecule has 4 nitrogen and oxygen atoms in total. The summed E-state index contributed by atoms with van der Waals surface area (Å²) >= 11 is 0. The van der Waals surface area contributed by atoms with Crippen LogP contribution in [-0.4, -0.2) is 57.7 Å². The van der Waals surface area contributed by atoms with E-state index in [4.69, 9.17) is 0 Å². The molecule has 0 aromatic heterocycles. The number of aliphatic hydroxyl groups excluding tert-OH is 2. The van der Waals surface area contributed by atoms with Gasteiger partial charge in [-0.05, 0) is 87.9 Å². The van der Waals surface area contributed by atoms with Crippen molar-refractivity contribution in [1.82, 2.24) is 4.90 Å². The Balaban J connectivity index is 1.44. The molecule has 3 saturated carbocycles. The number of allylic oxidation sites excluding steroid dienone is 3. The molecule has 0 radical (unpaired) electrons. The van der Waals surface area contributed by atoms with Crippen molar-refractivity contribution in [3.05, 3.63) is 23.3 Å². The Morgan fingerprint density at radius 1 is 1.10 bits per heavy atom. The highest BCUT2D eigenvalue weighted by atomic mass is 16.3. The van der Waals surface area contributed by atoms with Crippen molar-refractivity contribution in [2.45, 2.75) is 96.4 Å². The molecule has 4 fully saturated rings. The number of hydrogen-bond acceptors (Lipinski definition) is 4. The molecule has 170 valence electrons. The molecular formula is C26H43NO3. The van der Waals surface area contributed by atoms with Gasteiger partial charge < -0.3 is 20.2 Å². The minimum Gasteiger partial charge on any atom is -0.393 e. The minimum atomic E-state index is -0.504.